The van der Waals surface area contributed by atoms with E-state index in [0.717, 1.165) is 40.0 Å². The molecule has 3 radical (unpaired) electrons. The van der Waals surface area contributed by atoms with Gasteiger partial charge in [0, 0.05) is 44.3 Å². The van der Waals surface area contributed by atoms with Crippen LogP contribution in [-0.4, -0.2) is 130 Å². The minimum absolute atomic E-state index is 0. The number of carbonyl (C=O) groups excluding carboxylic acids is 2. The summed E-state index contributed by atoms with van der Waals surface area (Å²) in [4.78, 5) is 34.3. The average molecular weight is 1310 g/mol. The quantitative estimate of drug-likeness (QED) is 0.0354. The molecule has 0 aromatic heterocycles. The molecule has 0 amide bonds. The van der Waals surface area contributed by atoms with Crippen molar-refractivity contribution in [3.8, 4) is 80.5 Å². The Kier molecular flexibility index (Phi) is 36.2. The number of phenols is 11. The number of aliphatic carboxylic acids is 1. The third-order valence-electron chi connectivity index (χ3n) is 12.2. The number of benzene rings is 8. The maximum atomic E-state index is 12.1. The molecule has 0 saturated carbocycles. The maximum Gasteiger partial charge on any atom is 1.00 e. The van der Waals surface area contributed by atoms with Gasteiger partial charge in [0.2, 0.25) is 0 Å². The zero-order valence-electron chi connectivity index (χ0n) is 51.4. The number of carboxylic acids is 1. The molecule has 477 valence electrons. The van der Waals surface area contributed by atoms with Gasteiger partial charge in [-0.2, -0.15) is 8.42 Å². The summed E-state index contributed by atoms with van der Waals surface area (Å²) in [6, 6.07) is 37.9. The summed E-state index contributed by atoms with van der Waals surface area (Å²) in [6.45, 7) is 3.55. The van der Waals surface area contributed by atoms with Gasteiger partial charge in [-0.05, 0) is 169 Å². The van der Waals surface area contributed by atoms with E-state index in [1.165, 1.54) is 105 Å². The summed E-state index contributed by atoms with van der Waals surface area (Å²) >= 11 is 0. The van der Waals surface area contributed by atoms with E-state index in [2.05, 4.69) is 0 Å². The predicted molar refractivity (Wildman–Crippen MR) is 331 cm³/mol. The Labute approximate surface area is 576 Å². The molecule has 8 aromatic rings. The van der Waals surface area contributed by atoms with Gasteiger partial charge in [0.15, 0.2) is 34.6 Å². The van der Waals surface area contributed by atoms with Gasteiger partial charge in [-0.1, -0.05) is 36.4 Å². The van der Waals surface area contributed by atoms with Crippen molar-refractivity contribution in [2.45, 2.75) is 45.3 Å². The third-order valence-corrected chi connectivity index (χ3v) is 12.2. The van der Waals surface area contributed by atoms with Crippen molar-refractivity contribution in [2.75, 3.05) is 14.2 Å². The average Bonchev–Trinajstić information content (AvgIpc) is 0.818. The van der Waals surface area contributed by atoms with Crippen LogP contribution < -0.4 is 73.3 Å². The molecule has 9 rings (SSSR count). The van der Waals surface area contributed by atoms with Gasteiger partial charge in [0.25, 0.3) is 0 Å². The summed E-state index contributed by atoms with van der Waals surface area (Å²) in [6.07, 6.45) is 5.34. The molecule has 0 fully saturated rings. The summed E-state index contributed by atoms with van der Waals surface area (Å²) in [7, 11) is -1.76. The molecule has 28 heteroatoms. The van der Waals surface area contributed by atoms with Gasteiger partial charge in [-0.3, -0.25) is 18.7 Å². The molecule has 0 aliphatic carbocycles. The Balaban J connectivity index is 0. The molecule has 0 spiro atoms. The number of ether oxygens (including phenoxy) is 3. The zero-order chi connectivity index (χ0) is 65.4. The topological polar surface area (TPSA) is 446 Å². The van der Waals surface area contributed by atoms with Gasteiger partial charge >= 0.3 is 75.5 Å². The Morgan fingerprint density at radius 2 is 1.07 bits per heavy atom. The number of hydrogen-bond acceptors (Lipinski definition) is 21. The molecular formula is C64H66BNa2O24S. The SMILES string of the molecule is COc1cc(/C=C/C(=O)c2ccc(O)cc2O)ccc1O.COc1cc(CCC(O)c2ccc(O)cc2O)ccc1O.Cc1cc(/C=C/C(=O)O)ccc1O.Cc1cc(C2CC(=O)c3ccc(O)cc3O2)ccc1O.O=S(=O)(O)O.Oc1cccc(O)c1.[B].[H-].[Na+].[Na+].[OH-]. The fourth-order valence-electron chi connectivity index (χ4n) is 7.76. The minimum Gasteiger partial charge on any atom is -1.00 e. The number of aliphatic hydroxyl groups is 1. The molecule has 2 unspecified atom stereocenters. The smallest absolute Gasteiger partial charge is 1.00 e. The molecule has 2 atom stereocenters. The molecule has 16 N–H and O–H groups in total. The molecule has 0 bridgehead atoms. The van der Waals surface area contributed by atoms with Crippen molar-refractivity contribution in [2.24, 2.45) is 0 Å². The summed E-state index contributed by atoms with van der Waals surface area (Å²) in [5.74, 6) is -0.136. The van der Waals surface area contributed by atoms with Crippen LogP contribution in [0.1, 0.15) is 86.1 Å². The number of aryl methyl sites for hydroxylation is 3. The number of ketones is 2. The summed E-state index contributed by atoms with van der Waals surface area (Å²) < 4.78 is 47.4. The first kappa shape index (κ1) is 83.1. The van der Waals surface area contributed by atoms with Crippen LogP contribution in [0.2, 0.25) is 0 Å². The van der Waals surface area contributed by atoms with Gasteiger partial charge < -0.3 is 87.5 Å². The van der Waals surface area contributed by atoms with E-state index >= 15 is 0 Å². The predicted octanol–water partition coefficient (Wildman–Crippen LogP) is 4.11. The van der Waals surface area contributed by atoms with Gasteiger partial charge in [0.1, 0.15) is 63.6 Å². The van der Waals surface area contributed by atoms with Gasteiger partial charge in [-0.15, -0.1) is 0 Å². The van der Waals surface area contributed by atoms with Crippen LogP contribution in [0.4, 0.5) is 0 Å². The van der Waals surface area contributed by atoms with Crippen molar-refractivity contribution in [3.05, 3.63) is 214 Å². The van der Waals surface area contributed by atoms with E-state index in [1.807, 2.05) is 0 Å². The van der Waals surface area contributed by atoms with Crippen molar-refractivity contribution in [1.29, 1.82) is 0 Å². The van der Waals surface area contributed by atoms with Crippen molar-refractivity contribution in [1.82, 2.24) is 0 Å². The maximum absolute atomic E-state index is 12.1. The molecule has 24 nitrogen and oxygen atoms in total. The van der Waals surface area contributed by atoms with Crippen molar-refractivity contribution >= 4 is 48.5 Å². The van der Waals surface area contributed by atoms with E-state index in [4.69, 9.17) is 47.1 Å². The number of phenolic OH excluding ortho intramolecular Hbond substituents is 11. The van der Waals surface area contributed by atoms with Crippen LogP contribution in [-0.2, 0) is 21.6 Å². The summed E-state index contributed by atoms with van der Waals surface area (Å²) in [5.41, 5.74) is 5.59. The largest absolute Gasteiger partial charge is 1.00 e. The molecule has 1 heterocycles. The Hall–Kier alpha value is -8.90. The molecule has 0 saturated heterocycles. The van der Waals surface area contributed by atoms with Crippen LogP contribution in [0.3, 0.4) is 0 Å². The molecule has 1 aliphatic heterocycles. The van der Waals surface area contributed by atoms with Crippen LogP contribution in [0, 0.1) is 13.8 Å². The third kappa shape index (κ3) is 28.5. The zero-order valence-corrected chi connectivity index (χ0v) is 55.2. The van der Waals surface area contributed by atoms with E-state index in [9.17, 15) is 65.4 Å². The van der Waals surface area contributed by atoms with Gasteiger partial charge in [0.05, 0.1) is 37.9 Å². The number of aromatic hydroxyl groups is 11. The second-order valence-electron chi connectivity index (χ2n) is 18.8. The van der Waals surface area contributed by atoms with Crippen LogP contribution in [0.15, 0.2) is 164 Å². The van der Waals surface area contributed by atoms with Crippen LogP contribution >= 0.6 is 0 Å². The normalized spacial score (nSPS) is 11.9. The number of carbonyl (C=O) groups is 3. The van der Waals surface area contributed by atoms with Gasteiger partial charge in [-0.25, -0.2) is 4.79 Å². The Morgan fingerprint density at radius 1 is 0.587 bits per heavy atom. The number of fused-ring (bicyclic) bond motifs is 1. The Morgan fingerprint density at radius 3 is 1.59 bits per heavy atom. The van der Waals surface area contributed by atoms with Crippen molar-refractivity contribution in [3.63, 3.8) is 0 Å². The first-order valence-corrected chi connectivity index (χ1v) is 27.2. The number of Topliss-reactive ketones (excluding diaryl/α,β-unsaturated/α-hetero) is 1. The van der Waals surface area contributed by atoms with E-state index < -0.39 is 34.4 Å². The fourth-order valence-corrected chi connectivity index (χ4v) is 7.76. The van der Waals surface area contributed by atoms with Crippen LogP contribution in [0.25, 0.3) is 12.2 Å². The first-order valence-electron chi connectivity index (χ1n) is 25.8. The molecule has 1 aliphatic rings. The monoisotopic (exact) mass is 1310 g/mol. The second-order valence-corrected chi connectivity index (χ2v) is 19.7. The standard InChI is InChI=1S/C16H18O5.C16H14O5.C16H14O4.C10H10O3.C6H6O2.B.2Na.H2O4S.H2O.H/c2*1-21-16-8-10(3-7-14(16)19)2-6-13(18)12-5-4-11(17)9-15(12)20;1-9-6-10(2-5-13(9)18)15-8-14(19)12-4-3-11(17)7-16(12)20-15;1-7-6-8(2-4-9(7)11)3-5-10(12)13;7-5-2-1-3-6(8)4-5;;;;1-5(2,3)4;;/h3-5,7-9,13,17-20H,2,6H2,1H3;2-9,17,19-20H,1H3;2-7,15,17-18H,8H2,1H3;2-6,11H,1H3,(H,12,13);1-4,7-8H;;;;(H2,1,2,3,4);1H2;/q;;;;;;2*+1;;;-1/p-1/b;6-2+;;5-3+;;;;;;;. The first-order chi connectivity index (χ1) is 41.4. The molecular weight excluding hydrogens is 1240 g/mol. The number of hydrogen-bond donors (Lipinski definition) is 15. The second kappa shape index (κ2) is 40.1. The number of methoxy groups -OCH3 is 2. The number of allylic oxidation sites excluding steroid dienone is 1. The fraction of sp³-hybridized carbons (Fsp3) is 0.141. The number of carboxylic acid groups (broad SMARTS) is 1. The molecule has 8 aromatic carbocycles. The minimum atomic E-state index is -4.67. The van der Waals surface area contributed by atoms with Crippen molar-refractivity contribution < 1.29 is 179 Å². The molecule has 92 heavy (non-hydrogen) atoms. The van der Waals surface area contributed by atoms with E-state index in [-0.39, 0.29) is 155 Å². The van der Waals surface area contributed by atoms with Crippen LogP contribution in [0.5, 0.6) is 80.5 Å². The summed E-state index contributed by atoms with van der Waals surface area (Å²) in [5, 5.41) is 121. The number of rotatable bonds is 12. The van der Waals surface area contributed by atoms with E-state index in [0.29, 0.717) is 46.8 Å². The Bertz CT molecular complexity index is 3880. The number of aliphatic hydroxyl groups excluding tert-OH is 1. The van der Waals surface area contributed by atoms with E-state index in [1.54, 1.807) is 86.6 Å².